The first-order chi connectivity index (χ1) is 11.0. The van der Waals surface area contributed by atoms with Crippen LogP contribution >= 0.6 is 0 Å². The molecule has 0 aromatic carbocycles. The van der Waals surface area contributed by atoms with E-state index in [1.165, 1.54) is 0 Å². The highest BCUT2D eigenvalue weighted by molar-refractivity contribution is 6.12. The van der Waals surface area contributed by atoms with Crippen LogP contribution < -0.4 is 0 Å². The first kappa shape index (κ1) is 15.5. The zero-order chi connectivity index (χ0) is 16.6. The maximum Gasteiger partial charge on any atom is 0.303 e. The van der Waals surface area contributed by atoms with Crippen molar-refractivity contribution in [1.29, 1.82) is 0 Å². The normalized spacial score (nSPS) is 22.3. The lowest BCUT2D eigenvalue weighted by Crippen LogP contribution is -2.22. The third-order valence-electron chi connectivity index (χ3n) is 4.74. The fraction of sp³-hybridized carbons (Fsp3) is 0.389. The Morgan fingerprint density at radius 3 is 2.87 bits per heavy atom. The van der Waals surface area contributed by atoms with Crippen LogP contribution in [0, 0.1) is 25.7 Å². The topological polar surface area (TPSA) is 82.5 Å². The number of aliphatic imine (C=N–C) groups is 1. The number of fused-ring (bicyclic) bond motifs is 1. The van der Waals surface area contributed by atoms with Crippen LogP contribution in [-0.4, -0.2) is 27.7 Å². The third kappa shape index (κ3) is 2.91. The molecule has 120 valence electrons. The number of carbonyl (C=O) groups is 2. The highest BCUT2D eigenvalue weighted by Gasteiger charge is 2.36. The number of hydrogen-bond donors (Lipinski definition) is 2. The van der Waals surface area contributed by atoms with Crippen LogP contribution in [0.1, 0.15) is 28.9 Å². The number of aliphatic carboxylic acids is 1. The van der Waals surface area contributed by atoms with Gasteiger partial charge in [-0.05, 0) is 37.5 Å². The lowest BCUT2D eigenvalue weighted by atomic mass is 9.84. The molecule has 5 heteroatoms. The second-order valence-electron chi connectivity index (χ2n) is 6.18. The van der Waals surface area contributed by atoms with E-state index in [2.05, 4.69) is 9.98 Å². The summed E-state index contributed by atoms with van der Waals surface area (Å²) in [4.78, 5) is 30.5. The maximum absolute atomic E-state index is 12.2. The maximum atomic E-state index is 12.2. The number of carbonyl (C=O) groups excluding carboxylic acids is 1. The number of rotatable bonds is 5. The van der Waals surface area contributed by atoms with E-state index in [0.717, 1.165) is 28.2 Å². The number of hydrogen-bond acceptors (Lipinski definition) is 2. The van der Waals surface area contributed by atoms with Crippen LogP contribution in [0.15, 0.2) is 29.3 Å². The predicted molar refractivity (Wildman–Crippen MR) is 87.6 cm³/mol. The highest BCUT2D eigenvalue weighted by Crippen LogP contribution is 2.32. The Kier molecular flexibility index (Phi) is 4.03. The van der Waals surface area contributed by atoms with E-state index < -0.39 is 5.97 Å². The Morgan fingerprint density at radius 1 is 1.35 bits per heavy atom. The number of allylic oxidation sites excluding steroid dienone is 4. The minimum Gasteiger partial charge on any atom is -0.481 e. The van der Waals surface area contributed by atoms with Gasteiger partial charge >= 0.3 is 5.97 Å². The number of nitrogens with one attached hydrogen (secondary N) is 1. The van der Waals surface area contributed by atoms with Crippen molar-refractivity contribution >= 4 is 17.6 Å². The summed E-state index contributed by atoms with van der Waals surface area (Å²) in [5.41, 5.74) is 4.97. The van der Waals surface area contributed by atoms with Crippen molar-refractivity contribution in [2.75, 3.05) is 0 Å². The van der Waals surface area contributed by atoms with Gasteiger partial charge in [0, 0.05) is 30.1 Å². The largest absolute Gasteiger partial charge is 0.481 e. The van der Waals surface area contributed by atoms with E-state index in [1.807, 2.05) is 38.2 Å². The molecule has 2 atom stereocenters. The zero-order valence-electron chi connectivity index (χ0n) is 13.3. The first-order valence-corrected chi connectivity index (χ1v) is 7.83. The van der Waals surface area contributed by atoms with Crippen LogP contribution in [0.3, 0.4) is 0 Å². The minimum atomic E-state index is -0.797. The van der Waals surface area contributed by atoms with Gasteiger partial charge in [0.2, 0.25) is 5.91 Å². The van der Waals surface area contributed by atoms with Crippen molar-refractivity contribution < 1.29 is 14.7 Å². The van der Waals surface area contributed by atoms with E-state index in [4.69, 9.17) is 5.11 Å². The number of aryl methyl sites for hydroxylation is 1. The highest BCUT2D eigenvalue weighted by atomic mass is 16.4. The molecule has 0 fully saturated rings. The zero-order valence-corrected chi connectivity index (χ0v) is 13.3. The Morgan fingerprint density at radius 2 is 2.13 bits per heavy atom. The summed E-state index contributed by atoms with van der Waals surface area (Å²) < 4.78 is 0. The van der Waals surface area contributed by atoms with Crippen molar-refractivity contribution in [3.8, 4) is 0 Å². The molecule has 2 heterocycles. The summed E-state index contributed by atoms with van der Waals surface area (Å²) in [7, 11) is 0. The quantitative estimate of drug-likeness (QED) is 0.876. The molecular weight excluding hydrogens is 292 g/mol. The van der Waals surface area contributed by atoms with Crippen LogP contribution in [0.5, 0.6) is 0 Å². The molecule has 1 aromatic heterocycles. The predicted octanol–water partition coefficient (Wildman–Crippen LogP) is 2.53. The summed E-state index contributed by atoms with van der Waals surface area (Å²) >= 11 is 0. The number of aromatic amines is 1. The molecule has 1 amide bonds. The van der Waals surface area contributed by atoms with Crippen molar-refractivity contribution in [3.63, 3.8) is 0 Å². The molecule has 3 rings (SSSR count). The second kappa shape index (κ2) is 5.99. The van der Waals surface area contributed by atoms with Crippen molar-refractivity contribution in [2.24, 2.45) is 16.8 Å². The molecule has 0 unspecified atom stereocenters. The third-order valence-corrected chi connectivity index (χ3v) is 4.74. The van der Waals surface area contributed by atoms with Gasteiger partial charge in [0.05, 0.1) is 11.6 Å². The molecule has 0 spiro atoms. The number of carboxylic acid groups (broad SMARTS) is 1. The van der Waals surface area contributed by atoms with Crippen LogP contribution in [0.2, 0.25) is 0 Å². The van der Waals surface area contributed by atoms with Gasteiger partial charge < -0.3 is 10.1 Å². The lowest BCUT2D eigenvalue weighted by Gasteiger charge is -2.16. The fourth-order valence-corrected chi connectivity index (χ4v) is 3.47. The van der Waals surface area contributed by atoms with E-state index in [1.54, 1.807) is 0 Å². The average Bonchev–Trinajstić information content (AvgIpc) is 2.95. The number of carboxylic acids is 1. The summed E-state index contributed by atoms with van der Waals surface area (Å²) in [5, 5.41) is 8.87. The fourth-order valence-electron chi connectivity index (χ4n) is 3.47. The number of aromatic nitrogens is 1. The molecule has 1 aliphatic carbocycles. The molecule has 0 bridgehead atoms. The van der Waals surface area contributed by atoms with E-state index in [-0.39, 0.29) is 24.2 Å². The van der Waals surface area contributed by atoms with Gasteiger partial charge in [-0.15, -0.1) is 0 Å². The number of nitrogens with zero attached hydrogens (tertiary/aromatic N) is 1. The molecule has 23 heavy (non-hydrogen) atoms. The lowest BCUT2D eigenvalue weighted by molar-refractivity contribution is -0.137. The first-order valence-electron chi connectivity index (χ1n) is 7.83. The summed E-state index contributed by atoms with van der Waals surface area (Å²) in [6.07, 6.45) is 9.02. The molecule has 5 nitrogen and oxygen atoms in total. The van der Waals surface area contributed by atoms with Crippen molar-refractivity contribution in [2.45, 2.75) is 33.1 Å². The second-order valence-corrected chi connectivity index (χ2v) is 6.18. The minimum absolute atomic E-state index is 0.0537. The van der Waals surface area contributed by atoms with Gasteiger partial charge in [-0.25, -0.2) is 4.99 Å². The van der Waals surface area contributed by atoms with Gasteiger partial charge in [-0.1, -0.05) is 18.2 Å². The van der Waals surface area contributed by atoms with Crippen LogP contribution in [-0.2, 0) is 22.4 Å². The molecular formula is C18H20N2O3. The summed E-state index contributed by atoms with van der Waals surface area (Å²) in [6.45, 7) is 3.95. The number of amides is 1. The molecule has 1 aromatic rings. The summed E-state index contributed by atoms with van der Waals surface area (Å²) in [6, 6.07) is 0. The number of H-pyrrole nitrogens is 1. The molecule has 0 radical (unpaired) electrons. The van der Waals surface area contributed by atoms with E-state index in [9.17, 15) is 9.59 Å². The van der Waals surface area contributed by atoms with Crippen LogP contribution in [0.4, 0.5) is 0 Å². The van der Waals surface area contributed by atoms with Gasteiger partial charge in [-0.2, -0.15) is 0 Å². The van der Waals surface area contributed by atoms with E-state index in [0.29, 0.717) is 12.8 Å². The molecule has 2 N–H and O–H groups in total. The van der Waals surface area contributed by atoms with Crippen LogP contribution in [0.25, 0.3) is 0 Å². The van der Waals surface area contributed by atoms with Gasteiger partial charge in [-0.3, -0.25) is 9.59 Å². The molecule has 1 aliphatic heterocycles. The monoisotopic (exact) mass is 312 g/mol. The summed E-state index contributed by atoms with van der Waals surface area (Å²) in [5.74, 6) is -0.983. The van der Waals surface area contributed by atoms with E-state index >= 15 is 0 Å². The Hall–Kier alpha value is -2.43. The van der Waals surface area contributed by atoms with Gasteiger partial charge in [0.15, 0.2) is 0 Å². The SMILES string of the molecule is Cc1[nH]c(C[C@H]2C(=O)N=C3C=CC=C[C@@H]32)c(C)c1CCC(=O)O. The Balaban J connectivity index is 1.80. The molecule has 2 aliphatic rings. The standard InChI is InChI=1S/C18H20N2O3/c1-10-12(7-8-17(21)22)11(2)19-16(10)9-14-13-5-3-4-6-15(13)20-18(14)23/h3-6,13-14,19H,7-9H2,1-2H3,(H,21,22)/t13-,14-/m1/s1. The average molecular weight is 312 g/mol. The smallest absolute Gasteiger partial charge is 0.303 e. The molecule has 0 saturated heterocycles. The van der Waals surface area contributed by atoms with Gasteiger partial charge in [0.1, 0.15) is 0 Å². The van der Waals surface area contributed by atoms with Crippen molar-refractivity contribution in [3.05, 3.63) is 46.8 Å². The van der Waals surface area contributed by atoms with Crippen molar-refractivity contribution in [1.82, 2.24) is 4.98 Å². The van der Waals surface area contributed by atoms with Gasteiger partial charge in [0.25, 0.3) is 0 Å². The Labute approximate surface area is 134 Å². The molecule has 0 saturated carbocycles. The Bertz CT molecular complexity index is 753.